The van der Waals surface area contributed by atoms with Crippen LogP contribution in [-0.4, -0.2) is 85.9 Å². The molecule has 0 bridgehead atoms. The van der Waals surface area contributed by atoms with Gasteiger partial charge in [0.25, 0.3) is 0 Å². The quantitative estimate of drug-likeness (QED) is 0.129. The van der Waals surface area contributed by atoms with Gasteiger partial charge in [0, 0.05) is 36.4 Å². The average molecular weight is 624 g/mol. The maximum Gasteiger partial charge on any atom is 0.179 e. The fourth-order valence-corrected chi connectivity index (χ4v) is 5.56. The predicted octanol–water partition coefficient (Wildman–Crippen LogP) is 4.71. The zero-order valence-corrected chi connectivity index (χ0v) is 26.4. The number of aliphatic hydroxyl groups is 2. The van der Waals surface area contributed by atoms with Crippen LogP contribution in [0.15, 0.2) is 69.7 Å². The van der Waals surface area contributed by atoms with Crippen molar-refractivity contribution in [2.45, 2.75) is 38.1 Å². The Morgan fingerprint density at radius 1 is 0.977 bits per heavy atom. The molecule has 0 saturated heterocycles. The van der Waals surface area contributed by atoms with Gasteiger partial charge in [-0.25, -0.2) is 13.4 Å². The van der Waals surface area contributed by atoms with Gasteiger partial charge in [-0.15, -0.1) is 5.11 Å². The van der Waals surface area contributed by atoms with Crippen LogP contribution in [0.5, 0.6) is 0 Å². The van der Waals surface area contributed by atoms with Gasteiger partial charge in [0.2, 0.25) is 0 Å². The number of hydrogen-bond donors (Lipinski definition) is 4. The normalized spacial score (nSPS) is 12.0. The number of pyridine rings is 1. The molecule has 0 aliphatic heterocycles. The Bertz CT molecular complexity index is 1530. The van der Waals surface area contributed by atoms with Gasteiger partial charge in [0.1, 0.15) is 17.6 Å². The second-order valence-electron chi connectivity index (χ2n) is 10.9. The van der Waals surface area contributed by atoms with Crippen LogP contribution in [0.1, 0.15) is 31.9 Å². The molecule has 236 valence electrons. The maximum absolute atomic E-state index is 13.0. The number of ether oxygens (including phenoxy) is 1. The van der Waals surface area contributed by atoms with Gasteiger partial charge >= 0.3 is 0 Å². The van der Waals surface area contributed by atoms with Crippen molar-refractivity contribution in [2.24, 2.45) is 10.2 Å². The topological polar surface area (TPSA) is 173 Å². The lowest BCUT2D eigenvalue weighted by molar-refractivity contribution is 0.0992. The van der Waals surface area contributed by atoms with Gasteiger partial charge in [0.05, 0.1) is 48.3 Å². The molecule has 44 heavy (non-hydrogen) atoms. The lowest BCUT2D eigenvalue weighted by Gasteiger charge is -2.35. The average Bonchev–Trinajstić information content (AvgIpc) is 2.99. The lowest BCUT2D eigenvalue weighted by Crippen LogP contribution is -2.45. The van der Waals surface area contributed by atoms with Gasteiger partial charge in [-0.05, 0) is 64.1 Å². The molecule has 0 radical (unpaired) electrons. The summed E-state index contributed by atoms with van der Waals surface area (Å²) in [7, 11) is -3.57. The standard InChI is InChI=1S/C31H41N7O5S/c1-23-27(22-32)29(33-14-19-43-20-18-40)35-30(34-24-8-6-5-7-9-24)28(23)37-36-25-10-12-26(13-11-25)44(41,42)21-16-38(15-17-39)31(2,3)4/h5-13,39-40H,14-21H2,1-4H3,(H2,33,34,35)/b37-36+. The molecular formula is C31H41N7O5S. The Morgan fingerprint density at radius 3 is 2.30 bits per heavy atom. The number of aromatic nitrogens is 1. The molecule has 1 heterocycles. The molecule has 3 rings (SSSR count). The number of rotatable bonds is 16. The van der Waals surface area contributed by atoms with Crippen molar-refractivity contribution in [3.05, 3.63) is 65.7 Å². The van der Waals surface area contributed by atoms with E-state index in [1.54, 1.807) is 19.1 Å². The van der Waals surface area contributed by atoms with Crippen LogP contribution in [0.4, 0.5) is 28.7 Å². The number of anilines is 3. The summed E-state index contributed by atoms with van der Waals surface area (Å²) in [6.45, 7) is 9.15. The molecule has 0 fully saturated rings. The van der Waals surface area contributed by atoms with E-state index in [0.29, 0.717) is 60.4 Å². The van der Waals surface area contributed by atoms with Crippen molar-refractivity contribution >= 4 is 38.5 Å². The van der Waals surface area contributed by atoms with Gasteiger partial charge in [-0.2, -0.15) is 10.4 Å². The van der Waals surface area contributed by atoms with Crippen LogP contribution in [0.25, 0.3) is 0 Å². The molecule has 3 aromatic rings. The van der Waals surface area contributed by atoms with Crippen LogP contribution in [0, 0.1) is 18.3 Å². The van der Waals surface area contributed by atoms with Crippen molar-refractivity contribution in [1.82, 2.24) is 9.88 Å². The summed E-state index contributed by atoms with van der Waals surface area (Å²) in [6, 6.07) is 17.7. The summed E-state index contributed by atoms with van der Waals surface area (Å²) in [5.41, 5.74) is 2.11. The molecule has 1 aromatic heterocycles. The van der Waals surface area contributed by atoms with Crippen molar-refractivity contribution in [3.63, 3.8) is 0 Å². The largest absolute Gasteiger partial charge is 0.395 e. The molecule has 0 aliphatic rings. The molecule has 0 unspecified atom stereocenters. The van der Waals surface area contributed by atoms with E-state index in [-0.39, 0.29) is 36.0 Å². The molecule has 4 N–H and O–H groups in total. The number of sulfone groups is 1. The number of nitriles is 1. The SMILES string of the molecule is Cc1c(C#N)c(NCCOCCO)nc(Nc2ccccc2)c1/N=N/c1ccc(S(=O)(=O)CCN(CCO)C(C)(C)C)cc1. The highest BCUT2D eigenvalue weighted by Crippen LogP contribution is 2.36. The summed E-state index contributed by atoms with van der Waals surface area (Å²) in [4.78, 5) is 6.75. The summed E-state index contributed by atoms with van der Waals surface area (Å²) in [6.07, 6.45) is 0. The highest BCUT2D eigenvalue weighted by atomic mass is 32.2. The first kappa shape index (κ1) is 34.6. The highest BCUT2D eigenvalue weighted by molar-refractivity contribution is 7.91. The Morgan fingerprint density at radius 2 is 1.68 bits per heavy atom. The maximum atomic E-state index is 13.0. The fourth-order valence-electron chi connectivity index (χ4n) is 4.31. The zero-order valence-electron chi connectivity index (χ0n) is 25.6. The van der Waals surface area contributed by atoms with Crippen molar-refractivity contribution in [3.8, 4) is 6.07 Å². The number of nitrogens with zero attached hydrogens (tertiary/aromatic N) is 5. The van der Waals surface area contributed by atoms with E-state index in [2.05, 4.69) is 31.9 Å². The third-order valence-electron chi connectivity index (χ3n) is 6.75. The van der Waals surface area contributed by atoms with E-state index in [9.17, 15) is 18.8 Å². The first-order chi connectivity index (χ1) is 21.0. The third kappa shape index (κ3) is 9.80. The van der Waals surface area contributed by atoms with Gasteiger partial charge in [-0.1, -0.05) is 18.2 Å². The second kappa shape index (κ2) is 16.2. The first-order valence-corrected chi connectivity index (χ1v) is 15.9. The Labute approximate surface area is 259 Å². The smallest absolute Gasteiger partial charge is 0.179 e. The number of aliphatic hydroxyl groups excluding tert-OH is 2. The monoisotopic (exact) mass is 623 g/mol. The van der Waals surface area contributed by atoms with E-state index < -0.39 is 9.84 Å². The van der Waals surface area contributed by atoms with E-state index in [4.69, 9.17) is 9.84 Å². The van der Waals surface area contributed by atoms with E-state index in [1.807, 2.05) is 56.0 Å². The van der Waals surface area contributed by atoms with Gasteiger partial charge in [0.15, 0.2) is 15.7 Å². The van der Waals surface area contributed by atoms with Crippen molar-refractivity contribution in [2.75, 3.05) is 62.4 Å². The van der Waals surface area contributed by atoms with E-state index in [1.165, 1.54) is 12.1 Å². The minimum Gasteiger partial charge on any atom is -0.395 e. The molecule has 0 spiro atoms. The van der Waals surface area contributed by atoms with Crippen LogP contribution < -0.4 is 10.6 Å². The van der Waals surface area contributed by atoms with Crippen LogP contribution in [-0.2, 0) is 14.6 Å². The van der Waals surface area contributed by atoms with Gasteiger partial charge in [-0.3, -0.25) is 4.90 Å². The van der Waals surface area contributed by atoms with E-state index in [0.717, 1.165) is 5.69 Å². The Hall–Kier alpha value is -3.93. The third-order valence-corrected chi connectivity index (χ3v) is 8.46. The minimum absolute atomic E-state index is 0.0515. The van der Waals surface area contributed by atoms with Crippen molar-refractivity contribution < 1.29 is 23.4 Å². The molecule has 0 aliphatic carbocycles. The van der Waals surface area contributed by atoms with E-state index >= 15 is 0 Å². The minimum atomic E-state index is -3.57. The second-order valence-corrected chi connectivity index (χ2v) is 13.0. The molecule has 0 atom stereocenters. The fraction of sp³-hybridized carbons (Fsp3) is 0.419. The molecule has 0 saturated carbocycles. The Balaban J connectivity index is 1.87. The lowest BCUT2D eigenvalue weighted by atomic mass is 10.1. The predicted molar refractivity (Wildman–Crippen MR) is 171 cm³/mol. The van der Waals surface area contributed by atoms with Crippen LogP contribution in [0.2, 0.25) is 0 Å². The zero-order chi connectivity index (χ0) is 32.2. The first-order valence-electron chi connectivity index (χ1n) is 14.3. The Kier molecular flexibility index (Phi) is 12.7. The molecule has 2 aromatic carbocycles. The number of β-amino-alcohol motifs (C(OH)–C–C–N with tert-alkyl or cyclic N) is 1. The summed E-state index contributed by atoms with van der Waals surface area (Å²) in [5, 5.41) is 43.3. The number of azo groups is 1. The number of nitrogens with one attached hydrogen (secondary N) is 2. The van der Waals surface area contributed by atoms with Gasteiger partial charge < -0.3 is 25.6 Å². The number of benzene rings is 2. The van der Waals surface area contributed by atoms with Crippen molar-refractivity contribution in [1.29, 1.82) is 5.26 Å². The highest BCUT2D eigenvalue weighted by Gasteiger charge is 2.24. The van der Waals surface area contributed by atoms with Crippen LogP contribution >= 0.6 is 0 Å². The van der Waals surface area contributed by atoms with Crippen LogP contribution in [0.3, 0.4) is 0 Å². The summed E-state index contributed by atoms with van der Waals surface area (Å²) >= 11 is 0. The molecule has 0 amide bonds. The number of hydrogen-bond acceptors (Lipinski definition) is 12. The summed E-state index contributed by atoms with van der Waals surface area (Å²) < 4.78 is 31.4. The summed E-state index contributed by atoms with van der Waals surface area (Å²) in [5.74, 6) is 0.643. The number of para-hydroxylation sites is 1. The molecular weight excluding hydrogens is 582 g/mol. The molecule has 13 heteroatoms. The molecule has 12 nitrogen and oxygen atoms in total.